The number of hydrogen-bond donors (Lipinski definition) is 2. The number of nitrogens with zero attached hydrogens (tertiary/aromatic N) is 1. The first-order valence-electron chi connectivity index (χ1n) is 7.23. The molecular formula is C16H27N3O. The number of rotatable bonds is 6. The molecule has 0 aliphatic carbocycles. The maximum absolute atomic E-state index is 12.1. The van der Waals surface area contributed by atoms with Crippen molar-refractivity contribution in [2.45, 2.75) is 46.7 Å². The SMILES string of the molecule is Cc1ccc(C(=O)NCCN(C(C)C)C(C)C)c(N)c1. The molecule has 0 saturated heterocycles. The van der Waals surface area contributed by atoms with Crippen molar-refractivity contribution >= 4 is 11.6 Å². The molecule has 4 nitrogen and oxygen atoms in total. The van der Waals surface area contributed by atoms with Crippen LogP contribution in [-0.4, -0.2) is 36.0 Å². The van der Waals surface area contributed by atoms with Crippen LogP contribution in [0.1, 0.15) is 43.6 Å². The molecule has 1 rings (SSSR count). The van der Waals surface area contributed by atoms with Gasteiger partial charge < -0.3 is 11.1 Å². The molecule has 1 amide bonds. The van der Waals surface area contributed by atoms with Gasteiger partial charge >= 0.3 is 0 Å². The molecule has 0 spiro atoms. The van der Waals surface area contributed by atoms with Crippen LogP contribution in [0.5, 0.6) is 0 Å². The molecule has 112 valence electrons. The zero-order valence-corrected chi connectivity index (χ0v) is 13.2. The summed E-state index contributed by atoms with van der Waals surface area (Å²) in [6.07, 6.45) is 0. The van der Waals surface area contributed by atoms with E-state index in [1.54, 1.807) is 6.07 Å². The van der Waals surface area contributed by atoms with Crippen molar-refractivity contribution in [3.05, 3.63) is 29.3 Å². The molecule has 4 heteroatoms. The van der Waals surface area contributed by atoms with E-state index in [0.717, 1.165) is 12.1 Å². The van der Waals surface area contributed by atoms with Crippen LogP contribution >= 0.6 is 0 Å². The van der Waals surface area contributed by atoms with Crippen molar-refractivity contribution in [3.8, 4) is 0 Å². The number of nitrogen functional groups attached to an aromatic ring is 1. The summed E-state index contributed by atoms with van der Waals surface area (Å²) in [6.45, 7) is 12.1. The average molecular weight is 277 g/mol. The van der Waals surface area contributed by atoms with Gasteiger partial charge in [-0.2, -0.15) is 0 Å². The van der Waals surface area contributed by atoms with Crippen molar-refractivity contribution in [1.82, 2.24) is 10.2 Å². The van der Waals surface area contributed by atoms with Gasteiger partial charge in [0.2, 0.25) is 0 Å². The first-order valence-corrected chi connectivity index (χ1v) is 7.23. The highest BCUT2D eigenvalue weighted by atomic mass is 16.1. The number of nitrogens with two attached hydrogens (primary N) is 1. The number of amides is 1. The van der Waals surface area contributed by atoms with E-state index in [-0.39, 0.29) is 5.91 Å². The Morgan fingerprint density at radius 3 is 2.35 bits per heavy atom. The molecule has 0 aromatic heterocycles. The van der Waals surface area contributed by atoms with E-state index in [2.05, 4.69) is 37.9 Å². The molecule has 0 saturated carbocycles. The second kappa shape index (κ2) is 7.29. The Balaban J connectivity index is 2.55. The summed E-state index contributed by atoms with van der Waals surface area (Å²) in [7, 11) is 0. The monoisotopic (exact) mass is 277 g/mol. The molecule has 0 unspecified atom stereocenters. The lowest BCUT2D eigenvalue weighted by atomic mass is 10.1. The molecule has 0 aliphatic heterocycles. The van der Waals surface area contributed by atoms with Crippen LogP contribution in [0.3, 0.4) is 0 Å². The fourth-order valence-corrected chi connectivity index (χ4v) is 2.40. The lowest BCUT2D eigenvalue weighted by molar-refractivity contribution is 0.0940. The largest absolute Gasteiger partial charge is 0.398 e. The zero-order valence-electron chi connectivity index (χ0n) is 13.2. The van der Waals surface area contributed by atoms with Crippen molar-refractivity contribution in [1.29, 1.82) is 0 Å². The summed E-state index contributed by atoms with van der Waals surface area (Å²) in [4.78, 5) is 14.4. The number of anilines is 1. The highest BCUT2D eigenvalue weighted by Gasteiger charge is 2.14. The Labute approximate surface area is 122 Å². The Morgan fingerprint density at radius 1 is 1.25 bits per heavy atom. The van der Waals surface area contributed by atoms with Crippen LogP contribution in [0.4, 0.5) is 5.69 Å². The van der Waals surface area contributed by atoms with Crippen molar-refractivity contribution in [3.63, 3.8) is 0 Å². The maximum Gasteiger partial charge on any atom is 0.253 e. The van der Waals surface area contributed by atoms with E-state index < -0.39 is 0 Å². The minimum atomic E-state index is -0.102. The second-order valence-electron chi connectivity index (χ2n) is 5.77. The Bertz CT molecular complexity index is 447. The molecular weight excluding hydrogens is 250 g/mol. The highest BCUT2D eigenvalue weighted by Crippen LogP contribution is 2.13. The molecule has 0 fully saturated rings. The van der Waals surface area contributed by atoms with Crippen molar-refractivity contribution in [2.24, 2.45) is 0 Å². The van der Waals surface area contributed by atoms with Crippen LogP contribution in [0, 0.1) is 6.92 Å². The van der Waals surface area contributed by atoms with E-state index >= 15 is 0 Å². The summed E-state index contributed by atoms with van der Waals surface area (Å²) in [5.41, 5.74) is 8.03. The first-order chi connectivity index (χ1) is 9.32. The smallest absolute Gasteiger partial charge is 0.253 e. The third-order valence-corrected chi connectivity index (χ3v) is 3.43. The highest BCUT2D eigenvalue weighted by molar-refractivity contribution is 5.99. The predicted molar refractivity (Wildman–Crippen MR) is 84.9 cm³/mol. The summed E-state index contributed by atoms with van der Waals surface area (Å²) in [5, 5.41) is 2.94. The van der Waals surface area contributed by atoms with E-state index in [9.17, 15) is 4.79 Å². The molecule has 0 heterocycles. The summed E-state index contributed by atoms with van der Waals surface area (Å²) in [6, 6.07) is 6.44. The predicted octanol–water partition coefficient (Wildman–Crippen LogP) is 2.43. The van der Waals surface area contributed by atoms with Gasteiger partial charge in [0.1, 0.15) is 0 Å². The topological polar surface area (TPSA) is 58.4 Å². The van der Waals surface area contributed by atoms with Crippen molar-refractivity contribution < 1.29 is 4.79 Å². The van der Waals surface area contributed by atoms with Crippen LogP contribution < -0.4 is 11.1 Å². The first kappa shape index (κ1) is 16.5. The summed E-state index contributed by atoms with van der Waals surface area (Å²) >= 11 is 0. The fourth-order valence-electron chi connectivity index (χ4n) is 2.40. The number of carbonyl (C=O) groups excluding carboxylic acids is 1. The average Bonchev–Trinajstić information content (AvgIpc) is 2.33. The van der Waals surface area contributed by atoms with Crippen molar-refractivity contribution in [2.75, 3.05) is 18.8 Å². The number of benzene rings is 1. The number of carbonyl (C=O) groups is 1. The minimum Gasteiger partial charge on any atom is -0.398 e. The second-order valence-corrected chi connectivity index (χ2v) is 5.77. The van der Waals surface area contributed by atoms with E-state index in [0.29, 0.717) is 29.9 Å². The van der Waals surface area contributed by atoms with Gasteiger partial charge in [-0.3, -0.25) is 9.69 Å². The third kappa shape index (κ3) is 4.53. The quantitative estimate of drug-likeness (QED) is 0.785. The molecule has 0 radical (unpaired) electrons. The maximum atomic E-state index is 12.1. The molecule has 3 N–H and O–H groups in total. The third-order valence-electron chi connectivity index (χ3n) is 3.43. The molecule has 1 aromatic carbocycles. The van der Waals surface area contributed by atoms with Gasteiger partial charge in [-0.15, -0.1) is 0 Å². The molecule has 1 aromatic rings. The van der Waals surface area contributed by atoms with E-state index in [1.165, 1.54) is 0 Å². The van der Waals surface area contributed by atoms with E-state index in [4.69, 9.17) is 5.73 Å². The van der Waals surface area contributed by atoms with Gasteiger partial charge in [-0.1, -0.05) is 6.07 Å². The minimum absolute atomic E-state index is 0.102. The van der Waals surface area contributed by atoms with Gasteiger partial charge in [0.25, 0.3) is 5.91 Å². The van der Waals surface area contributed by atoms with E-state index in [1.807, 2.05) is 19.1 Å². The van der Waals surface area contributed by atoms with Crippen LogP contribution in [-0.2, 0) is 0 Å². The number of aryl methyl sites for hydroxylation is 1. The number of nitrogens with one attached hydrogen (secondary N) is 1. The summed E-state index contributed by atoms with van der Waals surface area (Å²) < 4.78 is 0. The molecule has 20 heavy (non-hydrogen) atoms. The lowest BCUT2D eigenvalue weighted by Crippen LogP contribution is -2.42. The Hall–Kier alpha value is -1.55. The van der Waals surface area contributed by atoms with Crippen LogP contribution in [0.25, 0.3) is 0 Å². The van der Waals surface area contributed by atoms with Crippen LogP contribution in [0.2, 0.25) is 0 Å². The van der Waals surface area contributed by atoms with Gasteiger partial charge in [0.15, 0.2) is 0 Å². The van der Waals surface area contributed by atoms with Gasteiger partial charge in [0.05, 0.1) is 5.56 Å². The molecule has 0 bridgehead atoms. The number of hydrogen-bond acceptors (Lipinski definition) is 3. The Morgan fingerprint density at radius 2 is 1.85 bits per heavy atom. The lowest BCUT2D eigenvalue weighted by Gasteiger charge is -2.30. The zero-order chi connectivity index (χ0) is 15.3. The standard InChI is InChI=1S/C16H27N3O/c1-11(2)19(12(3)4)9-8-18-16(20)14-7-6-13(5)10-15(14)17/h6-7,10-12H,8-9,17H2,1-5H3,(H,18,20). The summed E-state index contributed by atoms with van der Waals surface area (Å²) in [5.74, 6) is -0.102. The van der Waals surface area contributed by atoms with Gasteiger partial charge in [-0.25, -0.2) is 0 Å². The molecule has 0 aliphatic rings. The van der Waals surface area contributed by atoms with Gasteiger partial charge in [0, 0.05) is 30.9 Å². The fraction of sp³-hybridized carbons (Fsp3) is 0.562. The van der Waals surface area contributed by atoms with Gasteiger partial charge in [-0.05, 0) is 52.3 Å². The Kier molecular flexibility index (Phi) is 6.02. The molecule has 0 atom stereocenters. The normalized spacial score (nSPS) is 11.4. The van der Waals surface area contributed by atoms with Crippen LogP contribution in [0.15, 0.2) is 18.2 Å².